The van der Waals surface area contributed by atoms with Crippen LogP contribution in [0.2, 0.25) is 0 Å². The Kier molecular flexibility index (Phi) is 3.25. The average Bonchev–Trinajstić information content (AvgIpc) is 2.83. The minimum absolute atomic E-state index is 0.172. The molecule has 120 valence electrons. The Morgan fingerprint density at radius 1 is 0.810 bits per heavy atom. The molecule has 0 spiro atoms. The summed E-state index contributed by atoms with van der Waals surface area (Å²) in [6.07, 6.45) is 10.6. The first kappa shape index (κ1) is 14.5. The second-order valence-electron chi connectivity index (χ2n) is 9.31. The van der Waals surface area contributed by atoms with Crippen molar-refractivity contribution < 1.29 is 10.2 Å². The summed E-state index contributed by atoms with van der Waals surface area (Å²) in [5.41, 5.74) is 0.851. The van der Waals surface area contributed by atoms with Gasteiger partial charge in [0.05, 0.1) is 12.2 Å². The van der Waals surface area contributed by atoms with Crippen LogP contribution in [0.25, 0.3) is 0 Å². The molecule has 0 heterocycles. The van der Waals surface area contributed by atoms with Crippen molar-refractivity contribution in [3.05, 3.63) is 0 Å². The third kappa shape index (κ3) is 1.97. The van der Waals surface area contributed by atoms with Gasteiger partial charge in [0, 0.05) is 0 Å². The first-order valence-corrected chi connectivity index (χ1v) is 9.30. The van der Waals surface area contributed by atoms with Gasteiger partial charge in [-0.3, -0.25) is 0 Å². The Balaban J connectivity index is 1.66. The van der Waals surface area contributed by atoms with Gasteiger partial charge in [-0.2, -0.15) is 0 Å². The van der Waals surface area contributed by atoms with E-state index in [0.29, 0.717) is 11.3 Å². The zero-order chi connectivity index (χ0) is 14.8. The van der Waals surface area contributed by atoms with Crippen LogP contribution in [0.3, 0.4) is 0 Å². The molecule has 4 fully saturated rings. The lowest BCUT2D eigenvalue weighted by Crippen LogP contribution is -2.57. The lowest BCUT2D eigenvalue weighted by molar-refractivity contribution is -0.167. The zero-order valence-corrected chi connectivity index (χ0v) is 13.7. The molecule has 8 atom stereocenters. The minimum Gasteiger partial charge on any atom is -0.393 e. The van der Waals surface area contributed by atoms with Crippen LogP contribution in [-0.2, 0) is 0 Å². The fraction of sp³-hybridized carbons (Fsp3) is 1.00. The summed E-state index contributed by atoms with van der Waals surface area (Å²) in [5, 5.41) is 20.9. The van der Waals surface area contributed by atoms with Gasteiger partial charge in [0.25, 0.3) is 0 Å². The summed E-state index contributed by atoms with van der Waals surface area (Å²) in [4.78, 5) is 0. The lowest BCUT2D eigenvalue weighted by Gasteiger charge is -2.61. The SMILES string of the molecule is C[C@@]12CCC[C@H]1[C@@H]1C[C@@H](O)[C@@H]3C[C@H](O)CC[C@]3(C)[C@H]1CC2. The van der Waals surface area contributed by atoms with Crippen molar-refractivity contribution in [3.8, 4) is 0 Å². The predicted molar refractivity (Wildman–Crippen MR) is 83.7 cm³/mol. The average molecular weight is 292 g/mol. The van der Waals surface area contributed by atoms with E-state index in [-0.39, 0.29) is 17.6 Å². The number of rotatable bonds is 0. The summed E-state index contributed by atoms with van der Waals surface area (Å²) in [7, 11) is 0. The molecule has 4 saturated carbocycles. The van der Waals surface area contributed by atoms with Gasteiger partial charge in [-0.1, -0.05) is 20.3 Å². The van der Waals surface area contributed by atoms with Crippen molar-refractivity contribution in [1.29, 1.82) is 0 Å². The van der Waals surface area contributed by atoms with Crippen LogP contribution in [0.4, 0.5) is 0 Å². The summed E-state index contributed by atoms with van der Waals surface area (Å²) in [5.74, 6) is 2.75. The molecule has 0 aromatic heterocycles. The van der Waals surface area contributed by atoms with Crippen LogP contribution in [0, 0.1) is 34.5 Å². The highest BCUT2D eigenvalue weighted by molar-refractivity contribution is 5.09. The zero-order valence-electron chi connectivity index (χ0n) is 13.7. The van der Waals surface area contributed by atoms with Gasteiger partial charge in [0.2, 0.25) is 0 Å². The molecule has 0 aromatic rings. The van der Waals surface area contributed by atoms with Gasteiger partial charge in [0.1, 0.15) is 0 Å². The maximum atomic E-state index is 10.8. The van der Waals surface area contributed by atoms with Gasteiger partial charge in [-0.05, 0) is 85.9 Å². The molecule has 0 radical (unpaired) electrons. The molecule has 21 heavy (non-hydrogen) atoms. The third-order valence-electron chi connectivity index (χ3n) is 8.43. The van der Waals surface area contributed by atoms with Crippen LogP contribution in [0.5, 0.6) is 0 Å². The summed E-state index contributed by atoms with van der Waals surface area (Å²) in [6, 6.07) is 0. The molecule has 4 aliphatic carbocycles. The molecule has 2 nitrogen and oxygen atoms in total. The molecule has 2 N–H and O–H groups in total. The molecule has 0 saturated heterocycles. The van der Waals surface area contributed by atoms with E-state index in [2.05, 4.69) is 13.8 Å². The largest absolute Gasteiger partial charge is 0.393 e. The van der Waals surface area contributed by atoms with Crippen LogP contribution < -0.4 is 0 Å². The monoisotopic (exact) mass is 292 g/mol. The number of aliphatic hydroxyl groups is 2. The molecular weight excluding hydrogens is 260 g/mol. The van der Waals surface area contributed by atoms with Crippen LogP contribution >= 0.6 is 0 Å². The standard InChI is InChI=1S/C19H32O2/c1-18-7-3-4-14(18)13-11-17(21)16-10-12(20)5-9-19(16,2)15(13)6-8-18/h12-17,20-21H,3-11H2,1-2H3/t12-,13+,14+,15+,16+,17-,18+,19-/m1/s1. The van der Waals surface area contributed by atoms with Crippen LogP contribution in [0.15, 0.2) is 0 Å². The maximum Gasteiger partial charge on any atom is 0.0577 e. The molecule has 0 bridgehead atoms. The highest BCUT2D eigenvalue weighted by Gasteiger charge is 2.59. The van der Waals surface area contributed by atoms with E-state index in [1.807, 2.05) is 0 Å². The minimum atomic E-state index is -0.172. The quantitative estimate of drug-likeness (QED) is 0.714. The molecule has 0 amide bonds. The molecule has 4 aliphatic rings. The summed E-state index contributed by atoms with van der Waals surface area (Å²) in [6.45, 7) is 4.97. The molecule has 0 aromatic carbocycles. The molecule has 0 aliphatic heterocycles. The van der Waals surface area contributed by atoms with Crippen molar-refractivity contribution in [2.45, 2.75) is 83.8 Å². The molecule has 2 heteroatoms. The predicted octanol–water partition coefficient (Wildman–Crippen LogP) is 3.75. The number of hydrogen-bond acceptors (Lipinski definition) is 2. The smallest absolute Gasteiger partial charge is 0.0577 e. The second-order valence-corrected chi connectivity index (χ2v) is 9.31. The highest BCUT2D eigenvalue weighted by Crippen LogP contribution is 2.66. The molecule has 0 unspecified atom stereocenters. The van der Waals surface area contributed by atoms with E-state index < -0.39 is 0 Å². The lowest BCUT2D eigenvalue weighted by atomic mass is 9.44. The van der Waals surface area contributed by atoms with Gasteiger partial charge >= 0.3 is 0 Å². The van der Waals surface area contributed by atoms with Crippen molar-refractivity contribution in [1.82, 2.24) is 0 Å². The first-order chi connectivity index (χ1) is 9.94. The van der Waals surface area contributed by atoms with Crippen molar-refractivity contribution >= 4 is 0 Å². The fourth-order valence-corrected chi connectivity index (χ4v) is 7.27. The Hall–Kier alpha value is -0.0800. The number of hydrogen-bond donors (Lipinski definition) is 2. The van der Waals surface area contributed by atoms with Crippen LogP contribution in [-0.4, -0.2) is 22.4 Å². The van der Waals surface area contributed by atoms with E-state index in [9.17, 15) is 10.2 Å². The van der Waals surface area contributed by atoms with Crippen molar-refractivity contribution in [3.63, 3.8) is 0 Å². The third-order valence-corrected chi connectivity index (χ3v) is 8.43. The van der Waals surface area contributed by atoms with Gasteiger partial charge in [0.15, 0.2) is 0 Å². The van der Waals surface area contributed by atoms with E-state index in [1.165, 1.54) is 32.1 Å². The summed E-state index contributed by atoms with van der Waals surface area (Å²) >= 11 is 0. The Morgan fingerprint density at radius 3 is 2.43 bits per heavy atom. The van der Waals surface area contributed by atoms with Gasteiger partial charge in [-0.15, -0.1) is 0 Å². The van der Waals surface area contributed by atoms with E-state index in [4.69, 9.17) is 0 Å². The van der Waals surface area contributed by atoms with Crippen molar-refractivity contribution in [2.75, 3.05) is 0 Å². The van der Waals surface area contributed by atoms with Gasteiger partial charge < -0.3 is 10.2 Å². The van der Waals surface area contributed by atoms with Crippen molar-refractivity contribution in [2.24, 2.45) is 34.5 Å². The van der Waals surface area contributed by atoms with E-state index in [1.54, 1.807) is 0 Å². The summed E-state index contributed by atoms with van der Waals surface area (Å²) < 4.78 is 0. The van der Waals surface area contributed by atoms with Gasteiger partial charge in [-0.25, -0.2) is 0 Å². The number of aliphatic hydroxyl groups excluding tert-OH is 2. The highest BCUT2D eigenvalue weighted by atomic mass is 16.3. The Labute approximate surface area is 129 Å². The Bertz CT molecular complexity index is 422. The molecule has 4 rings (SSSR count). The Morgan fingerprint density at radius 2 is 1.62 bits per heavy atom. The topological polar surface area (TPSA) is 40.5 Å². The second kappa shape index (κ2) is 4.71. The van der Waals surface area contributed by atoms with E-state index in [0.717, 1.165) is 43.4 Å². The molecular formula is C19H32O2. The first-order valence-electron chi connectivity index (χ1n) is 9.30. The normalized spacial score (nSPS) is 60.0. The van der Waals surface area contributed by atoms with E-state index >= 15 is 0 Å². The fourth-order valence-electron chi connectivity index (χ4n) is 7.27. The number of fused-ring (bicyclic) bond motifs is 5. The van der Waals surface area contributed by atoms with Crippen LogP contribution in [0.1, 0.15) is 71.6 Å². The maximum absolute atomic E-state index is 10.8.